The van der Waals surface area contributed by atoms with Crippen molar-refractivity contribution in [2.24, 2.45) is 10.9 Å². The van der Waals surface area contributed by atoms with E-state index < -0.39 is 17.8 Å². The topological polar surface area (TPSA) is 72.2 Å². The molecule has 35 heavy (non-hydrogen) atoms. The number of halogens is 3. The Bertz CT molecular complexity index is 667. The number of amides is 1. The molecule has 10 heteroatoms. The summed E-state index contributed by atoms with van der Waals surface area (Å²) in [6, 6.07) is 0. The molecule has 1 rings (SSSR count). The Hall–Kier alpha value is -2.62. The summed E-state index contributed by atoms with van der Waals surface area (Å²) in [5, 5.41) is 6.99. The zero-order valence-electron chi connectivity index (χ0n) is 22.8. The van der Waals surface area contributed by atoms with Gasteiger partial charge >= 0.3 is 6.18 Å². The molecular formula is C25H46F3N5O2. The van der Waals surface area contributed by atoms with E-state index in [2.05, 4.69) is 24.9 Å². The minimum Gasteiger partial charge on any atom is -0.478 e. The summed E-state index contributed by atoms with van der Waals surface area (Å²) in [6.07, 6.45) is -2.34. The lowest BCUT2D eigenvalue weighted by Crippen LogP contribution is -2.48. The Balaban J connectivity index is -0.000000659. The van der Waals surface area contributed by atoms with Crippen molar-refractivity contribution in [3.8, 4) is 0 Å². The quantitative estimate of drug-likeness (QED) is 0.212. The van der Waals surface area contributed by atoms with E-state index in [1.165, 1.54) is 25.1 Å². The van der Waals surface area contributed by atoms with Gasteiger partial charge in [0.1, 0.15) is 5.70 Å². The van der Waals surface area contributed by atoms with Gasteiger partial charge in [0, 0.05) is 45.8 Å². The molecule has 0 unspecified atom stereocenters. The maximum absolute atomic E-state index is 12.9. The molecule has 0 aromatic rings. The van der Waals surface area contributed by atoms with Crippen LogP contribution in [-0.2, 0) is 9.53 Å². The van der Waals surface area contributed by atoms with E-state index in [9.17, 15) is 18.0 Å². The van der Waals surface area contributed by atoms with Gasteiger partial charge in [-0.2, -0.15) is 13.2 Å². The molecule has 0 bridgehead atoms. The standard InChI is InChI=1S/C14H21F3N4O.C7H13NO.2C2H6/c1-11(9-12(19(3)4)14(15,16)17)13(22)21-7-5-20(6-8-21)10-18-2;1-4-7(8)9-5-6(2)3;2*1-2/h9H,1-2,5-8,10H2,3-4H3;4,6,8H,1,5H2,2-3H3;2*1-2H3/b12-9-;;;. The fraction of sp³-hybridized carbons (Fsp3) is 0.640. The number of rotatable bonds is 8. The van der Waals surface area contributed by atoms with E-state index in [-0.39, 0.29) is 11.5 Å². The van der Waals surface area contributed by atoms with Crippen LogP contribution in [0.25, 0.3) is 0 Å². The molecule has 0 aromatic heterocycles. The van der Waals surface area contributed by atoms with Crippen molar-refractivity contribution >= 4 is 18.5 Å². The van der Waals surface area contributed by atoms with Gasteiger partial charge in [0.05, 0.1) is 13.3 Å². The van der Waals surface area contributed by atoms with E-state index in [0.29, 0.717) is 45.4 Å². The van der Waals surface area contributed by atoms with Crippen molar-refractivity contribution in [3.63, 3.8) is 0 Å². The third-order valence-electron chi connectivity index (χ3n) is 4.07. The van der Waals surface area contributed by atoms with Crippen molar-refractivity contribution in [2.45, 2.75) is 47.7 Å². The second kappa shape index (κ2) is 20.7. The lowest BCUT2D eigenvalue weighted by atomic mass is 10.2. The van der Waals surface area contributed by atoms with E-state index >= 15 is 0 Å². The molecule has 1 aliphatic rings. The maximum Gasteiger partial charge on any atom is 0.431 e. The Labute approximate surface area is 210 Å². The van der Waals surface area contributed by atoms with E-state index in [1.807, 2.05) is 46.4 Å². The Kier molecular flexibility index (Phi) is 21.9. The summed E-state index contributed by atoms with van der Waals surface area (Å²) >= 11 is 0. The third kappa shape index (κ3) is 17.5. The summed E-state index contributed by atoms with van der Waals surface area (Å²) in [7, 11) is 2.55. The first-order valence-corrected chi connectivity index (χ1v) is 11.8. The molecular weight excluding hydrogens is 459 g/mol. The van der Waals surface area contributed by atoms with Gasteiger partial charge in [-0.3, -0.25) is 20.1 Å². The molecule has 1 heterocycles. The number of carbonyl (C=O) groups is 1. The number of ether oxygens (including phenoxy) is 1. The van der Waals surface area contributed by atoms with Crippen LogP contribution in [0.2, 0.25) is 0 Å². The second-order valence-electron chi connectivity index (χ2n) is 7.50. The van der Waals surface area contributed by atoms with Gasteiger partial charge in [0.15, 0.2) is 0 Å². The molecule has 1 aliphatic heterocycles. The maximum atomic E-state index is 12.9. The zero-order valence-corrected chi connectivity index (χ0v) is 22.8. The predicted molar refractivity (Wildman–Crippen MR) is 141 cm³/mol. The summed E-state index contributed by atoms with van der Waals surface area (Å²) in [5.41, 5.74) is -1.07. The fourth-order valence-corrected chi connectivity index (χ4v) is 2.44. The molecule has 0 saturated carbocycles. The normalized spacial score (nSPS) is 13.6. The van der Waals surface area contributed by atoms with Gasteiger partial charge in [-0.05, 0) is 24.8 Å². The first kappa shape index (κ1) is 36.9. The first-order chi connectivity index (χ1) is 16.3. The molecule has 0 aliphatic carbocycles. The molecule has 0 atom stereocenters. The predicted octanol–water partition coefficient (Wildman–Crippen LogP) is 5.23. The average Bonchev–Trinajstić information content (AvgIpc) is 2.83. The molecule has 0 spiro atoms. The van der Waals surface area contributed by atoms with Crippen LogP contribution in [0.5, 0.6) is 0 Å². The monoisotopic (exact) mass is 505 g/mol. The van der Waals surface area contributed by atoms with Crippen molar-refractivity contribution in [1.82, 2.24) is 14.7 Å². The van der Waals surface area contributed by atoms with Gasteiger partial charge in [-0.15, -0.1) is 0 Å². The Morgan fingerprint density at radius 3 is 1.97 bits per heavy atom. The lowest BCUT2D eigenvalue weighted by Gasteiger charge is -2.34. The van der Waals surface area contributed by atoms with Gasteiger partial charge in [-0.25, -0.2) is 0 Å². The molecule has 204 valence electrons. The number of aliphatic imine (C=N–C) groups is 1. The lowest BCUT2D eigenvalue weighted by molar-refractivity contribution is -0.128. The number of hydrogen-bond acceptors (Lipinski definition) is 6. The summed E-state index contributed by atoms with van der Waals surface area (Å²) in [5.74, 6) is 0.156. The van der Waals surface area contributed by atoms with Crippen LogP contribution in [0, 0.1) is 11.3 Å². The van der Waals surface area contributed by atoms with Crippen LogP contribution in [0.15, 0.2) is 41.6 Å². The smallest absolute Gasteiger partial charge is 0.431 e. The van der Waals surface area contributed by atoms with Crippen LogP contribution >= 0.6 is 0 Å². The Morgan fingerprint density at radius 1 is 1.14 bits per heavy atom. The molecule has 1 saturated heterocycles. The summed E-state index contributed by atoms with van der Waals surface area (Å²) in [4.78, 5) is 20.4. The molecule has 0 radical (unpaired) electrons. The second-order valence-corrected chi connectivity index (χ2v) is 7.50. The molecule has 1 N–H and O–H groups in total. The van der Waals surface area contributed by atoms with Crippen molar-refractivity contribution in [3.05, 3.63) is 36.6 Å². The van der Waals surface area contributed by atoms with Crippen LogP contribution in [0.1, 0.15) is 41.5 Å². The van der Waals surface area contributed by atoms with Crippen LogP contribution in [0.4, 0.5) is 13.2 Å². The van der Waals surface area contributed by atoms with E-state index in [0.717, 1.165) is 11.0 Å². The Morgan fingerprint density at radius 2 is 1.63 bits per heavy atom. The minimum atomic E-state index is -4.53. The number of allylic oxidation sites excluding steroid dienone is 1. The summed E-state index contributed by atoms with van der Waals surface area (Å²) in [6.45, 7) is 25.5. The van der Waals surface area contributed by atoms with Gasteiger partial charge in [0.2, 0.25) is 5.90 Å². The van der Waals surface area contributed by atoms with Gasteiger partial charge in [0.25, 0.3) is 5.91 Å². The zero-order chi connectivity index (χ0) is 28.2. The van der Waals surface area contributed by atoms with Gasteiger partial charge < -0.3 is 14.5 Å². The number of piperazine rings is 1. The summed E-state index contributed by atoms with van der Waals surface area (Å²) < 4.78 is 43.5. The highest BCUT2D eigenvalue weighted by atomic mass is 19.4. The first-order valence-electron chi connectivity index (χ1n) is 11.8. The van der Waals surface area contributed by atoms with Crippen LogP contribution in [-0.4, -0.2) is 92.9 Å². The highest BCUT2D eigenvalue weighted by molar-refractivity contribution is 5.95. The molecule has 1 amide bonds. The number of carbonyl (C=O) groups excluding carboxylic acids is 1. The molecule has 7 nitrogen and oxygen atoms in total. The SMILES string of the molecule is C=CC(=N)OCC(C)C.C=NCN1CCN(C(=O)C(=C)/C=C(\N(C)C)C(F)(F)F)CC1.CC.CC. The number of nitrogens with one attached hydrogen (secondary N) is 1. The molecule has 1 fully saturated rings. The highest BCUT2D eigenvalue weighted by Gasteiger charge is 2.36. The third-order valence-corrected chi connectivity index (χ3v) is 4.07. The number of nitrogens with zero attached hydrogens (tertiary/aromatic N) is 4. The molecule has 0 aromatic carbocycles. The van der Waals surface area contributed by atoms with Crippen LogP contribution < -0.4 is 0 Å². The highest BCUT2D eigenvalue weighted by Crippen LogP contribution is 2.28. The fourth-order valence-electron chi connectivity index (χ4n) is 2.44. The van der Waals surface area contributed by atoms with Crippen molar-refractivity contribution < 1.29 is 22.7 Å². The number of hydrogen-bond donors (Lipinski definition) is 1. The van der Waals surface area contributed by atoms with E-state index in [4.69, 9.17) is 10.1 Å². The van der Waals surface area contributed by atoms with E-state index in [1.54, 1.807) is 0 Å². The van der Waals surface area contributed by atoms with Gasteiger partial charge in [-0.1, -0.05) is 54.7 Å². The largest absolute Gasteiger partial charge is 0.478 e. The number of alkyl halides is 3. The van der Waals surface area contributed by atoms with Crippen molar-refractivity contribution in [1.29, 1.82) is 5.41 Å². The van der Waals surface area contributed by atoms with Crippen molar-refractivity contribution in [2.75, 3.05) is 53.5 Å². The van der Waals surface area contributed by atoms with Crippen LogP contribution in [0.3, 0.4) is 0 Å². The minimum absolute atomic E-state index is 0.156. The average molecular weight is 506 g/mol.